The van der Waals surface area contributed by atoms with E-state index in [1.807, 2.05) is 25.1 Å². The minimum atomic E-state index is -3.70. The Morgan fingerprint density at radius 1 is 1.15 bits per heavy atom. The standard InChI is InChI=1S/C28H33NO4S/c1-22-14-16-27(17-15-22)34(31,32)29(19-9-18-28(3,4)33-23(2)30)21-26-20-25(26)13-8-12-24-10-6-5-7-11-24/h5-7,10-11,13-17,26H,8,12,19-21H2,1-4H3/b25-13+. The van der Waals surface area contributed by atoms with E-state index >= 15 is 0 Å². The van der Waals surface area contributed by atoms with Crippen LogP contribution in [0.4, 0.5) is 0 Å². The molecule has 0 heterocycles. The van der Waals surface area contributed by atoms with E-state index in [9.17, 15) is 13.2 Å². The predicted octanol–water partition coefficient (Wildman–Crippen LogP) is 4.91. The van der Waals surface area contributed by atoms with Crippen LogP contribution >= 0.6 is 0 Å². The van der Waals surface area contributed by atoms with Crippen LogP contribution in [-0.2, 0) is 26.0 Å². The lowest BCUT2D eigenvalue weighted by molar-refractivity contribution is -0.148. The Morgan fingerprint density at radius 3 is 2.47 bits per heavy atom. The average Bonchev–Trinajstić information content (AvgIpc) is 3.51. The van der Waals surface area contributed by atoms with Crippen LogP contribution in [0, 0.1) is 24.7 Å². The van der Waals surface area contributed by atoms with Crippen molar-refractivity contribution in [1.29, 1.82) is 0 Å². The second-order valence-electron chi connectivity index (χ2n) is 9.22. The molecule has 5 nitrogen and oxygen atoms in total. The summed E-state index contributed by atoms with van der Waals surface area (Å²) in [7, 11) is -3.70. The summed E-state index contributed by atoms with van der Waals surface area (Å²) in [5, 5.41) is 0. The predicted molar refractivity (Wildman–Crippen MR) is 135 cm³/mol. The number of esters is 1. The number of ether oxygens (including phenoxy) is 1. The molecule has 0 aliphatic heterocycles. The van der Waals surface area contributed by atoms with Gasteiger partial charge in [-0.15, -0.1) is 0 Å². The van der Waals surface area contributed by atoms with Crippen LogP contribution < -0.4 is 0 Å². The Hall–Kier alpha value is -2.88. The molecule has 1 atom stereocenters. The Morgan fingerprint density at radius 2 is 1.82 bits per heavy atom. The summed E-state index contributed by atoms with van der Waals surface area (Å²) in [6.45, 7) is 7.05. The molecule has 0 aromatic heterocycles. The fourth-order valence-corrected chi connectivity index (χ4v) is 5.19. The zero-order chi connectivity index (χ0) is 24.8. The van der Waals surface area contributed by atoms with E-state index in [2.05, 4.69) is 30.0 Å². The van der Waals surface area contributed by atoms with Crippen LogP contribution in [0.25, 0.3) is 0 Å². The van der Waals surface area contributed by atoms with E-state index in [-0.39, 0.29) is 17.4 Å². The number of aryl methyl sites for hydroxylation is 2. The second-order valence-corrected chi connectivity index (χ2v) is 11.2. The largest absolute Gasteiger partial charge is 0.447 e. The minimum Gasteiger partial charge on any atom is -0.447 e. The van der Waals surface area contributed by atoms with Crippen molar-refractivity contribution in [2.24, 2.45) is 5.92 Å². The first-order valence-corrected chi connectivity index (χ1v) is 13.0. The zero-order valence-electron chi connectivity index (χ0n) is 20.4. The number of carbonyl (C=O) groups excluding carboxylic acids is 1. The van der Waals surface area contributed by atoms with Gasteiger partial charge in [0.2, 0.25) is 10.0 Å². The molecular formula is C28H33NO4S. The molecule has 0 N–H and O–H groups in total. The molecule has 0 radical (unpaired) electrons. The second kappa shape index (κ2) is 11.0. The van der Waals surface area contributed by atoms with Gasteiger partial charge in [0.25, 0.3) is 0 Å². The Labute approximate surface area is 203 Å². The molecule has 180 valence electrons. The van der Waals surface area contributed by atoms with Crippen LogP contribution in [0.15, 0.2) is 71.1 Å². The lowest BCUT2D eigenvalue weighted by Crippen LogP contribution is -2.34. The molecular weight excluding hydrogens is 446 g/mol. The van der Waals surface area contributed by atoms with Crippen molar-refractivity contribution in [2.45, 2.75) is 57.5 Å². The molecule has 0 bridgehead atoms. The monoisotopic (exact) mass is 479 g/mol. The summed E-state index contributed by atoms with van der Waals surface area (Å²) >= 11 is 0. The molecule has 1 unspecified atom stereocenters. The average molecular weight is 480 g/mol. The molecule has 0 saturated heterocycles. The molecule has 1 fully saturated rings. The summed E-state index contributed by atoms with van der Waals surface area (Å²) in [6.07, 6.45) is 5.06. The molecule has 6 heteroatoms. The summed E-state index contributed by atoms with van der Waals surface area (Å²) in [6, 6.07) is 17.2. The van der Waals surface area contributed by atoms with E-state index in [4.69, 9.17) is 4.74 Å². The topological polar surface area (TPSA) is 63.7 Å². The molecule has 2 aromatic carbocycles. The van der Waals surface area contributed by atoms with Crippen molar-refractivity contribution < 1.29 is 17.9 Å². The maximum absolute atomic E-state index is 13.4. The quantitative estimate of drug-likeness (QED) is 0.291. The SMILES string of the molecule is CC(=O)OC(C)(C)C#CCN(CC1C/C1=C\CCc1ccccc1)S(=O)(=O)c1ccc(C)cc1. The maximum Gasteiger partial charge on any atom is 0.304 e. The summed E-state index contributed by atoms with van der Waals surface area (Å²) in [5.41, 5.74) is 2.62. The van der Waals surface area contributed by atoms with Crippen molar-refractivity contribution in [3.05, 3.63) is 77.4 Å². The van der Waals surface area contributed by atoms with Gasteiger partial charge in [0, 0.05) is 13.5 Å². The first kappa shape index (κ1) is 25.7. The van der Waals surface area contributed by atoms with Crippen molar-refractivity contribution >= 4 is 16.0 Å². The normalized spacial score (nSPS) is 16.7. The maximum atomic E-state index is 13.4. The first-order chi connectivity index (χ1) is 16.1. The lowest BCUT2D eigenvalue weighted by Gasteiger charge is -2.21. The zero-order valence-corrected chi connectivity index (χ0v) is 21.2. The van der Waals surface area contributed by atoms with E-state index < -0.39 is 21.6 Å². The summed E-state index contributed by atoms with van der Waals surface area (Å²) in [5.74, 6) is 5.61. The van der Waals surface area contributed by atoms with Gasteiger partial charge in [-0.2, -0.15) is 4.31 Å². The van der Waals surface area contributed by atoms with Crippen LogP contribution in [-0.4, -0.2) is 37.4 Å². The van der Waals surface area contributed by atoms with Crippen LogP contribution in [0.1, 0.15) is 44.7 Å². The summed E-state index contributed by atoms with van der Waals surface area (Å²) in [4.78, 5) is 11.6. The Balaban J connectivity index is 1.71. The van der Waals surface area contributed by atoms with Crippen LogP contribution in [0.5, 0.6) is 0 Å². The fraction of sp³-hybridized carbons (Fsp3) is 0.393. The third-order valence-corrected chi connectivity index (χ3v) is 7.48. The third-order valence-electron chi connectivity index (χ3n) is 5.66. The van der Waals surface area contributed by atoms with Crippen LogP contribution in [0.2, 0.25) is 0 Å². The fourth-order valence-electron chi connectivity index (χ4n) is 3.80. The number of nitrogens with zero attached hydrogens (tertiary/aromatic N) is 1. The van der Waals surface area contributed by atoms with Gasteiger partial charge >= 0.3 is 5.97 Å². The van der Waals surface area contributed by atoms with Crippen molar-refractivity contribution in [3.8, 4) is 11.8 Å². The number of sulfonamides is 1. The number of hydrogen-bond donors (Lipinski definition) is 0. The Kier molecular flexibility index (Phi) is 8.35. The highest BCUT2D eigenvalue weighted by molar-refractivity contribution is 7.89. The van der Waals surface area contributed by atoms with Crippen molar-refractivity contribution in [1.82, 2.24) is 4.31 Å². The van der Waals surface area contributed by atoms with Crippen LogP contribution in [0.3, 0.4) is 0 Å². The molecule has 1 saturated carbocycles. The van der Waals surface area contributed by atoms with E-state index in [0.29, 0.717) is 6.54 Å². The first-order valence-electron chi connectivity index (χ1n) is 11.6. The van der Waals surface area contributed by atoms with Gasteiger partial charge in [-0.25, -0.2) is 8.42 Å². The van der Waals surface area contributed by atoms with Crippen molar-refractivity contribution in [3.63, 3.8) is 0 Å². The van der Waals surface area contributed by atoms with Gasteiger partial charge in [-0.05, 0) is 63.6 Å². The molecule has 2 aromatic rings. The van der Waals surface area contributed by atoms with Gasteiger partial charge in [0.05, 0.1) is 11.4 Å². The molecule has 1 aliphatic rings. The number of benzene rings is 2. The molecule has 0 spiro atoms. The highest BCUT2D eigenvalue weighted by Gasteiger charge is 2.35. The lowest BCUT2D eigenvalue weighted by atomic mass is 10.1. The van der Waals surface area contributed by atoms with Crippen molar-refractivity contribution in [2.75, 3.05) is 13.1 Å². The molecule has 1 aliphatic carbocycles. The number of rotatable bonds is 9. The molecule has 3 rings (SSSR count). The highest BCUT2D eigenvalue weighted by atomic mass is 32.2. The number of allylic oxidation sites excluding steroid dienone is 1. The minimum absolute atomic E-state index is 0.0364. The van der Waals surface area contributed by atoms with E-state index in [1.165, 1.54) is 22.4 Å². The third kappa shape index (κ3) is 7.58. The van der Waals surface area contributed by atoms with E-state index in [0.717, 1.165) is 24.8 Å². The Bertz CT molecular complexity index is 1190. The summed E-state index contributed by atoms with van der Waals surface area (Å²) < 4.78 is 33.4. The van der Waals surface area contributed by atoms with Gasteiger partial charge in [0.1, 0.15) is 0 Å². The number of carbonyl (C=O) groups is 1. The van der Waals surface area contributed by atoms with E-state index in [1.54, 1.807) is 38.1 Å². The molecule has 0 amide bonds. The smallest absolute Gasteiger partial charge is 0.304 e. The number of hydrogen-bond acceptors (Lipinski definition) is 4. The highest BCUT2D eigenvalue weighted by Crippen LogP contribution is 2.39. The van der Waals surface area contributed by atoms with Gasteiger partial charge in [-0.3, -0.25) is 4.79 Å². The van der Waals surface area contributed by atoms with Gasteiger partial charge in [0.15, 0.2) is 5.60 Å². The van der Waals surface area contributed by atoms with Gasteiger partial charge in [-0.1, -0.05) is 71.5 Å². The van der Waals surface area contributed by atoms with Gasteiger partial charge < -0.3 is 4.74 Å². The molecule has 34 heavy (non-hydrogen) atoms.